The van der Waals surface area contributed by atoms with Crippen LogP contribution in [0.5, 0.6) is 0 Å². The standard InChI is InChI=1S/C22H42N2O5/c1-7-8-9-10-11-12-14-18(15-13-16-19(25)23-6)28-20(26)17(2)24-21(27)29-22(3,4)5/h17-18H,7-16H2,1-6H3,(H,23,25)(H,24,27)/t17?,18-/m0/s1. The molecule has 1 unspecified atom stereocenters. The van der Waals surface area contributed by atoms with Crippen LogP contribution in [0.25, 0.3) is 0 Å². The summed E-state index contributed by atoms with van der Waals surface area (Å²) in [4.78, 5) is 35.7. The molecule has 170 valence electrons. The van der Waals surface area contributed by atoms with Gasteiger partial charge in [-0.25, -0.2) is 9.59 Å². The van der Waals surface area contributed by atoms with Gasteiger partial charge < -0.3 is 20.1 Å². The highest BCUT2D eigenvalue weighted by Gasteiger charge is 2.24. The maximum Gasteiger partial charge on any atom is 0.408 e. The Kier molecular flexibility index (Phi) is 14.2. The van der Waals surface area contributed by atoms with Crippen molar-refractivity contribution < 1.29 is 23.9 Å². The van der Waals surface area contributed by atoms with E-state index in [1.165, 1.54) is 25.7 Å². The van der Waals surface area contributed by atoms with Gasteiger partial charge in [-0.3, -0.25) is 4.79 Å². The smallest absolute Gasteiger partial charge is 0.408 e. The van der Waals surface area contributed by atoms with Gasteiger partial charge in [0.25, 0.3) is 0 Å². The predicted octanol–water partition coefficient (Wildman–Crippen LogP) is 4.48. The molecule has 0 bridgehead atoms. The summed E-state index contributed by atoms with van der Waals surface area (Å²) in [5.41, 5.74) is -0.631. The van der Waals surface area contributed by atoms with Gasteiger partial charge in [-0.1, -0.05) is 39.0 Å². The minimum atomic E-state index is -0.796. The van der Waals surface area contributed by atoms with Crippen molar-refractivity contribution in [2.75, 3.05) is 7.05 Å². The van der Waals surface area contributed by atoms with Crippen molar-refractivity contribution in [1.29, 1.82) is 0 Å². The molecule has 0 aliphatic rings. The lowest BCUT2D eigenvalue weighted by Crippen LogP contribution is -2.43. The Balaban J connectivity index is 4.53. The second kappa shape index (κ2) is 15.1. The molecule has 0 aromatic rings. The SMILES string of the molecule is CCCCCCCC[C@@H](CCCC(=O)NC)OC(=O)C(C)NC(=O)OC(C)(C)C. The largest absolute Gasteiger partial charge is 0.461 e. The molecule has 0 aromatic carbocycles. The molecule has 0 rings (SSSR count). The molecule has 0 fully saturated rings. The molecule has 0 saturated heterocycles. The quantitative estimate of drug-likeness (QED) is 0.323. The van der Waals surface area contributed by atoms with E-state index in [1.54, 1.807) is 34.7 Å². The fourth-order valence-electron chi connectivity index (χ4n) is 2.84. The molecule has 7 heteroatoms. The van der Waals surface area contributed by atoms with E-state index in [0.717, 1.165) is 19.3 Å². The van der Waals surface area contributed by atoms with E-state index in [9.17, 15) is 14.4 Å². The Morgan fingerprint density at radius 1 is 0.931 bits per heavy atom. The van der Waals surface area contributed by atoms with Crippen LogP contribution in [0.4, 0.5) is 4.79 Å². The van der Waals surface area contributed by atoms with Gasteiger partial charge in [0.2, 0.25) is 5.91 Å². The Hall–Kier alpha value is -1.79. The molecule has 0 heterocycles. The van der Waals surface area contributed by atoms with Crippen molar-refractivity contribution in [3.8, 4) is 0 Å². The summed E-state index contributed by atoms with van der Waals surface area (Å²) < 4.78 is 10.8. The maximum absolute atomic E-state index is 12.4. The number of esters is 1. The molecule has 2 amide bonds. The van der Waals surface area contributed by atoms with E-state index in [4.69, 9.17) is 9.47 Å². The molecule has 2 N–H and O–H groups in total. The van der Waals surface area contributed by atoms with Gasteiger partial charge in [0.1, 0.15) is 17.7 Å². The Labute approximate surface area is 176 Å². The number of nitrogens with one attached hydrogen (secondary N) is 2. The number of hydrogen-bond acceptors (Lipinski definition) is 5. The Morgan fingerprint density at radius 3 is 2.10 bits per heavy atom. The molecule has 7 nitrogen and oxygen atoms in total. The first-order chi connectivity index (χ1) is 13.6. The molecule has 0 aromatic heterocycles. The van der Waals surface area contributed by atoms with Crippen LogP contribution in [0.3, 0.4) is 0 Å². The van der Waals surface area contributed by atoms with Gasteiger partial charge in [0.05, 0.1) is 0 Å². The minimum absolute atomic E-state index is 0.0189. The third-order valence-corrected chi connectivity index (χ3v) is 4.46. The first-order valence-electron chi connectivity index (χ1n) is 11.0. The van der Waals surface area contributed by atoms with Crippen LogP contribution in [0.15, 0.2) is 0 Å². The zero-order chi connectivity index (χ0) is 22.3. The van der Waals surface area contributed by atoms with Gasteiger partial charge in [-0.05, 0) is 53.4 Å². The van der Waals surface area contributed by atoms with Crippen LogP contribution in [0, 0.1) is 0 Å². The normalized spacial score (nSPS) is 13.3. The first-order valence-corrected chi connectivity index (χ1v) is 11.0. The van der Waals surface area contributed by atoms with Gasteiger partial charge in [-0.2, -0.15) is 0 Å². The molecule has 0 saturated carbocycles. The number of hydrogen-bond donors (Lipinski definition) is 2. The van der Waals surface area contributed by atoms with E-state index in [2.05, 4.69) is 17.6 Å². The molecule has 0 aliphatic heterocycles. The fraction of sp³-hybridized carbons (Fsp3) is 0.864. The monoisotopic (exact) mass is 414 g/mol. The topological polar surface area (TPSA) is 93.7 Å². The summed E-state index contributed by atoms with van der Waals surface area (Å²) in [6, 6.07) is -0.796. The number of ether oxygens (including phenoxy) is 2. The minimum Gasteiger partial charge on any atom is -0.461 e. The lowest BCUT2D eigenvalue weighted by Gasteiger charge is -2.23. The predicted molar refractivity (Wildman–Crippen MR) is 115 cm³/mol. The summed E-state index contributed by atoms with van der Waals surface area (Å²) in [6.07, 6.45) is 8.53. The lowest BCUT2D eigenvalue weighted by atomic mass is 10.0. The average Bonchev–Trinajstić information content (AvgIpc) is 2.62. The molecule has 0 radical (unpaired) electrons. The van der Waals surface area contributed by atoms with E-state index < -0.39 is 23.7 Å². The fourth-order valence-corrected chi connectivity index (χ4v) is 2.84. The van der Waals surface area contributed by atoms with Crippen molar-refractivity contribution in [2.24, 2.45) is 0 Å². The second-order valence-electron chi connectivity index (χ2n) is 8.55. The van der Waals surface area contributed by atoms with E-state index >= 15 is 0 Å². The number of amides is 2. The van der Waals surface area contributed by atoms with E-state index in [0.29, 0.717) is 19.3 Å². The van der Waals surface area contributed by atoms with Crippen molar-refractivity contribution in [3.05, 3.63) is 0 Å². The zero-order valence-electron chi connectivity index (χ0n) is 19.3. The van der Waals surface area contributed by atoms with Crippen molar-refractivity contribution >= 4 is 18.0 Å². The van der Waals surface area contributed by atoms with Crippen molar-refractivity contribution in [1.82, 2.24) is 10.6 Å². The van der Waals surface area contributed by atoms with Gasteiger partial charge in [0, 0.05) is 13.5 Å². The zero-order valence-corrected chi connectivity index (χ0v) is 19.3. The molecule has 0 aliphatic carbocycles. The number of alkyl carbamates (subject to hydrolysis) is 1. The van der Waals surface area contributed by atoms with Crippen LogP contribution in [-0.4, -0.2) is 42.8 Å². The maximum atomic E-state index is 12.4. The summed E-state index contributed by atoms with van der Waals surface area (Å²) in [6.45, 7) is 9.06. The summed E-state index contributed by atoms with van der Waals surface area (Å²) >= 11 is 0. The average molecular weight is 415 g/mol. The summed E-state index contributed by atoms with van der Waals surface area (Å²) in [5.74, 6) is -0.499. The highest BCUT2D eigenvalue weighted by atomic mass is 16.6. The molecular formula is C22H42N2O5. The van der Waals surface area contributed by atoms with E-state index in [-0.39, 0.29) is 12.0 Å². The number of rotatable bonds is 14. The summed E-state index contributed by atoms with van der Waals surface area (Å²) in [5, 5.41) is 5.12. The lowest BCUT2D eigenvalue weighted by molar-refractivity contribution is -0.152. The molecule has 0 spiro atoms. The summed E-state index contributed by atoms with van der Waals surface area (Å²) in [7, 11) is 1.61. The number of carbonyl (C=O) groups is 3. The van der Waals surface area contributed by atoms with Crippen molar-refractivity contribution in [3.63, 3.8) is 0 Å². The number of carbonyl (C=O) groups excluding carboxylic acids is 3. The highest BCUT2D eigenvalue weighted by molar-refractivity contribution is 5.81. The van der Waals surface area contributed by atoms with E-state index in [1.807, 2.05) is 0 Å². The Morgan fingerprint density at radius 2 is 1.52 bits per heavy atom. The van der Waals surface area contributed by atoms with Gasteiger partial charge in [0.15, 0.2) is 0 Å². The van der Waals surface area contributed by atoms with Gasteiger partial charge in [-0.15, -0.1) is 0 Å². The first kappa shape index (κ1) is 27.2. The highest BCUT2D eigenvalue weighted by Crippen LogP contribution is 2.16. The third kappa shape index (κ3) is 15.8. The van der Waals surface area contributed by atoms with Crippen LogP contribution >= 0.6 is 0 Å². The Bertz CT molecular complexity index is 488. The van der Waals surface area contributed by atoms with Crippen LogP contribution < -0.4 is 10.6 Å². The molecular weight excluding hydrogens is 372 g/mol. The van der Waals surface area contributed by atoms with Crippen LogP contribution in [0.2, 0.25) is 0 Å². The number of unbranched alkanes of at least 4 members (excludes halogenated alkanes) is 5. The van der Waals surface area contributed by atoms with Crippen LogP contribution in [-0.2, 0) is 19.1 Å². The van der Waals surface area contributed by atoms with Crippen molar-refractivity contribution in [2.45, 2.75) is 117 Å². The second-order valence-corrected chi connectivity index (χ2v) is 8.55. The van der Waals surface area contributed by atoms with Gasteiger partial charge >= 0.3 is 12.1 Å². The molecule has 29 heavy (non-hydrogen) atoms. The molecule has 2 atom stereocenters. The van der Waals surface area contributed by atoms with Crippen LogP contribution in [0.1, 0.15) is 98.8 Å². The third-order valence-electron chi connectivity index (χ3n) is 4.46.